The van der Waals surface area contributed by atoms with Gasteiger partial charge in [-0.2, -0.15) is 5.26 Å². The van der Waals surface area contributed by atoms with Gasteiger partial charge in [0.15, 0.2) is 0 Å². The Kier molecular flexibility index (Phi) is 4.92. The SMILES string of the molecule is C/C=C/COC1C=CC(c2ccc(C#N)cc2)=CC1C. The third-order valence-corrected chi connectivity index (χ3v) is 3.39. The molecule has 2 nitrogen and oxygen atoms in total. The quantitative estimate of drug-likeness (QED) is 0.767. The van der Waals surface area contributed by atoms with Crippen molar-refractivity contribution in [3.63, 3.8) is 0 Å². The smallest absolute Gasteiger partial charge is 0.0991 e. The van der Waals surface area contributed by atoms with Gasteiger partial charge in [0.1, 0.15) is 0 Å². The first-order valence-electron chi connectivity index (χ1n) is 6.88. The number of nitrogens with zero attached hydrogens (tertiary/aromatic N) is 1. The summed E-state index contributed by atoms with van der Waals surface area (Å²) in [5.74, 6) is 0.343. The number of benzene rings is 1. The van der Waals surface area contributed by atoms with Gasteiger partial charge in [-0.3, -0.25) is 0 Å². The van der Waals surface area contributed by atoms with E-state index >= 15 is 0 Å². The lowest BCUT2D eigenvalue weighted by molar-refractivity contribution is 0.0834. The zero-order valence-corrected chi connectivity index (χ0v) is 11.9. The fraction of sp³-hybridized carbons (Fsp3) is 0.278. The molecular formula is C18H19NO. The molecule has 20 heavy (non-hydrogen) atoms. The number of allylic oxidation sites excluding steroid dienone is 3. The monoisotopic (exact) mass is 265 g/mol. The highest BCUT2D eigenvalue weighted by Crippen LogP contribution is 2.26. The molecule has 0 N–H and O–H groups in total. The maximum absolute atomic E-state index is 8.82. The van der Waals surface area contributed by atoms with Crippen LogP contribution in [0.5, 0.6) is 0 Å². The minimum atomic E-state index is 0.133. The van der Waals surface area contributed by atoms with Crippen LogP contribution in [0.15, 0.2) is 54.6 Å². The average molecular weight is 265 g/mol. The van der Waals surface area contributed by atoms with Gasteiger partial charge in [0, 0.05) is 5.92 Å². The summed E-state index contributed by atoms with van der Waals surface area (Å²) in [4.78, 5) is 0. The van der Waals surface area contributed by atoms with Gasteiger partial charge in [-0.1, -0.05) is 49.4 Å². The molecule has 0 fully saturated rings. The Balaban J connectivity index is 2.07. The van der Waals surface area contributed by atoms with E-state index in [2.05, 4.69) is 31.2 Å². The molecule has 0 spiro atoms. The van der Waals surface area contributed by atoms with Crippen LogP contribution in [0.1, 0.15) is 25.0 Å². The second-order valence-corrected chi connectivity index (χ2v) is 4.90. The molecule has 0 saturated carbocycles. The molecule has 0 heterocycles. The van der Waals surface area contributed by atoms with Crippen molar-refractivity contribution in [2.75, 3.05) is 6.61 Å². The Labute approximate surface area is 120 Å². The van der Waals surface area contributed by atoms with Crippen molar-refractivity contribution in [3.05, 3.63) is 65.8 Å². The van der Waals surface area contributed by atoms with Crippen LogP contribution in [0, 0.1) is 17.2 Å². The van der Waals surface area contributed by atoms with E-state index in [1.807, 2.05) is 43.3 Å². The molecule has 2 unspecified atom stereocenters. The average Bonchev–Trinajstić information content (AvgIpc) is 2.49. The molecule has 1 aliphatic carbocycles. The van der Waals surface area contributed by atoms with Crippen molar-refractivity contribution in [3.8, 4) is 6.07 Å². The summed E-state index contributed by atoms with van der Waals surface area (Å²) in [6.07, 6.45) is 10.6. The molecule has 102 valence electrons. The molecule has 1 aliphatic rings. The Morgan fingerprint density at radius 2 is 2.05 bits per heavy atom. The van der Waals surface area contributed by atoms with E-state index in [4.69, 9.17) is 10.00 Å². The van der Waals surface area contributed by atoms with E-state index in [0.717, 1.165) is 5.56 Å². The fourth-order valence-corrected chi connectivity index (χ4v) is 2.21. The van der Waals surface area contributed by atoms with E-state index in [1.165, 1.54) is 5.57 Å². The van der Waals surface area contributed by atoms with E-state index in [9.17, 15) is 0 Å². The van der Waals surface area contributed by atoms with Crippen molar-refractivity contribution < 1.29 is 4.74 Å². The second-order valence-electron chi connectivity index (χ2n) is 4.90. The molecule has 0 aromatic heterocycles. The van der Waals surface area contributed by atoms with Crippen LogP contribution < -0.4 is 0 Å². The van der Waals surface area contributed by atoms with Crippen molar-refractivity contribution in [2.24, 2.45) is 5.92 Å². The Morgan fingerprint density at radius 1 is 1.30 bits per heavy atom. The van der Waals surface area contributed by atoms with E-state index in [-0.39, 0.29) is 6.10 Å². The molecule has 0 amide bonds. The predicted molar refractivity (Wildman–Crippen MR) is 82.0 cm³/mol. The van der Waals surface area contributed by atoms with E-state index in [0.29, 0.717) is 18.1 Å². The zero-order valence-electron chi connectivity index (χ0n) is 11.9. The highest BCUT2D eigenvalue weighted by atomic mass is 16.5. The zero-order chi connectivity index (χ0) is 14.4. The fourth-order valence-electron chi connectivity index (χ4n) is 2.21. The normalized spacial score (nSPS) is 21.8. The minimum Gasteiger partial charge on any atom is -0.369 e. The summed E-state index contributed by atoms with van der Waals surface area (Å²) in [5, 5.41) is 8.82. The lowest BCUT2D eigenvalue weighted by atomic mass is 9.91. The molecule has 0 bridgehead atoms. The van der Waals surface area contributed by atoms with Crippen molar-refractivity contribution in [1.29, 1.82) is 5.26 Å². The van der Waals surface area contributed by atoms with Crippen molar-refractivity contribution in [1.82, 2.24) is 0 Å². The largest absolute Gasteiger partial charge is 0.369 e. The number of hydrogen-bond donors (Lipinski definition) is 0. The lowest BCUT2D eigenvalue weighted by Gasteiger charge is -2.23. The van der Waals surface area contributed by atoms with Crippen molar-refractivity contribution in [2.45, 2.75) is 20.0 Å². The Bertz CT molecular complexity index is 572. The molecule has 0 saturated heterocycles. The van der Waals surface area contributed by atoms with Gasteiger partial charge in [-0.15, -0.1) is 0 Å². The molecule has 0 aliphatic heterocycles. The maximum atomic E-state index is 8.82. The van der Waals surface area contributed by atoms with Crippen LogP contribution in [0.4, 0.5) is 0 Å². The first kappa shape index (κ1) is 14.3. The van der Waals surface area contributed by atoms with Crippen LogP contribution in [-0.4, -0.2) is 12.7 Å². The maximum Gasteiger partial charge on any atom is 0.0991 e. The van der Waals surface area contributed by atoms with Crippen LogP contribution >= 0.6 is 0 Å². The van der Waals surface area contributed by atoms with Crippen LogP contribution in [-0.2, 0) is 4.74 Å². The van der Waals surface area contributed by atoms with Crippen molar-refractivity contribution >= 4 is 5.57 Å². The Hall–Kier alpha value is -2.11. The topological polar surface area (TPSA) is 33.0 Å². The van der Waals surface area contributed by atoms with E-state index in [1.54, 1.807) is 0 Å². The van der Waals surface area contributed by atoms with Crippen LogP contribution in [0.3, 0.4) is 0 Å². The van der Waals surface area contributed by atoms with Gasteiger partial charge in [0.2, 0.25) is 0 Å². The summed E-state index contributed by atoms with van der Waals surface area (Å²) in [7, 11) is 0. The summed E-state index contributed by atoms with van der Waals surface area (Å²) in [5.41, 5.74) is 3.02. The summed E-state index contributed by atoms with van der Waals surface area (Å²) >= 11 is 0. The first-order valence-corrected chi connectivity index (χ1v) is 6.88. The van der Waals surface area contributed by atoms with Gasteiger partial charge in [-0.25, -0.2) is 0 Å². The Morgan fingerprint density at radius 3 is 2.65 bits per heavy atom. The van der Waals surface area contributed by atoms with Crippen LogP contribution in [0.25, 0.3) is 5.57 Å². The number of hydrogen-bond acceptors (Lipinski definition) is 2. The van der Waals surface area contributed by atoms with Crippen LogP contribution in [0.2, 0.25) is 0 Å². The van der Waals surface area contributed by atoms with E-state index < -0.39 is 0 Å². The minimum absolute atomic E-state index is 0.133. The standard InChI is InChI=1S/C18H19NO/c1-3-4-11-20-18-10-9-17(12-14(18)2)16-7-5-15(13-19)6-8-16/h3-10,12,14,18H,11H2,1-2H3/b4-3+. The second kappa shape index (κ2) is 6.88. The summed E-state index contributed by atoms with van der Waals surface area (Å²) in [6.45, 7) is 4.80. The van der Waals surface area contributed by atoms with Gasteiger partial charge >= 0.3 is 0 Å². The van der Waals surface area contributed by atoms with Gasteiger partial charge in [0.25, 0.3) is 0 Å². The number of ether oxygens (including phenoxy) is 1. The molecule has 1 aromatic carbocycles. The summed E-state index contributed by atoms with van der Waals surface area (Å²) < 4.78 is 5.80. The molecular weight excluding hydrogens is 246 g/mol. The first-order chi connectivity index (χ1) is 9.74. The van der Waals surface area contributed by atoms with Gasteiger partial charge in [0.05, 0.1) is 24.3 Å². The lowest BCUT2D eigenvalue weighted by Crippen LogP contribution is -2.20. The molecule has 2 rings (SSSR count). The molecule has 1 aromatic rings. The van der Waals surface area contributed by atoms with Gasteiger partial charge in [-0.05, 0) is 30.2 Å². The molecule has 2 heteroatoms. The third kappa shape index (κ3) is 3.46. The van der Waals surface area contributed by atoms with Gasteiger partial charge < -0.3 is 4.74 Å². The number of rotatable bonds is 4. The number of nitriles is 1. The highest BCUT2D eigenvalue weighted by Gasteiger charge is 2.17. The highest BCUT2D eigenvalue weighted by molar-refractivity contribution is 5.75. The predicted octanol–water partition coefficient (Wildman–Crippen LogP) is 4.11. The molecule has 0 radical (unpaired) electrons. The molecule has 2 atom stereocenters. The third-order valence-electron chi connectivity index (χ3n) is 3.39. The summed E-state index contributed by atoms with van der Waals surface area (Å²) in [6, 6.07) is 9.82.